The Balaban J connectivity index is 1.64. The number of ether oxygens (including phenoxy) is 2. The Hall–Kier alpha value is -2.58. The van der Waals surface area contributed by atoms with E-state index < -0.39 is 16.1 Å². The maximum atomic E-state index is 12.7. The summed E-state index contributed by atoms with van der Waals surface area (Å²) in [5.41, 5.74) is 1.67. The summed E-state index contributed by atoms with van der Waals surface area (Å²) in [5, 5.41) is 0. The molecule has 1 aliphatic heterocycles. The summed E-state index contributed by atoms with van der Waals surface area (Å²) in [7, 11) is -2.10. The normalized spacial score (nSPS) is 14.4. The lowest BCUT2D eigenvalue weighted by Gasteiger charge is -2.18. The van der Waals surface area contributed by atoms with Crippen molar-refractivity contribution >= 4 is 21.6 Å². The van der Waals surface area contributed by atoms with Crippen LogP contribution in [0.15, 0.2) is 47.4 Å². The molecule has 1 N–H and O–H groups in total. The fourth-order valence-electron chi connectivity index (χ4n) is 3.26. The van der Waals surface area contributed by atoms with E-state index in [0.717, 1.165) is 17.0 Å². The van der Waals surface area contributed by atoms with Crippen molar-refractivity contribution in [1.29, 1.82) is 0 Å². The Morgan fingerprint density at radius 1 is 1.17 bits per heavy atom. The highest BCUT2D eigenvalue weighted by Gasteiger charge is 2.26. The molecular weight excluding hydrogens is 392 g/mol. The van der Waals surface area contributed by atoms with Gasteiger partial charge in [0.25, 0.3) is 0 Å². The number of benzene rings is 2. The first-order chi connectivity index (χ1) is 13.8. The molecule has 1 aliphatic rings. The molecule has 3 rings (SSSR count). The Labute approximate surface area is 171 Å². The van der Waals surface area contributed by atoms with Crippen LogP contribution in [0.2, 0.25) is 0 Å². The average Bonchev–Trinajstić information content (AvgIpc) is 3.15. The van der Waals surface area contributed by atoms with Gasteiger partial charge < -0.3 is 14.4 Å². The van der Waals surface area contributed by atoms with Crippen molar-refractivity contribution in [1.82, 2.24) is 4.72 Å². The molecule has 0 spiro atoms. The second-order valence-corrected chi connectivity index (χ2v) is 8.66. The van der Waals surface area contributed by atoms with Crippen LogP contribution in [0, 0.1) is 0 Å². The SMILES string of the molecule is CCC(=O)N1CCc2cc(S(=O)(=O)NC(C)COc3ccc(OC)cc3)ccc21. The number of hydrogen-bond acceptors (Lipinski definition) is 5. The highest BCUT2D eigenvalue weighted by molar-refractivity contribution is 7.89. The molecule has 1 unspecified atom stereocenters. The number of hydrogen-bond donors (Lipinski definition) is 1. The molecule has 156 valence electrons. The number of nitrogens with zero attached hydrogens (tertiary/aromatic N) is 1. The number of nitrogens with one attached hydrogen (secondary N) is 1. The minimum absolute atomic E-state index is 0.0433. The lowest BCUT2D eigenvalue weighted by atomic mass is 10.2. The van der Waals surface area contributed by atoms with Crippen LogP contribution in [-0.4, -0.2) is 40.6 Å². The maximum absolute atomic E-state index is 12.7. The van der Waals surface area contributed by atoms with Gasteiger partial charge in [-0.2, -0.15) is 0 Å². The molecule has 7 nitrogen and oxygen atoms in total. The first-order valence-electron chi connectivity index (χ1n) is 9.56. The molecule has 0 bridgehead atoms. The van der Waals surface area contributed by atoms with Crippen LogP contribution in [0.25, 0.3) is 0 Å². The summed E-state index contributed by atoms with van der Waals surface area (Å²) in [6.07, 6.45) is 1.08. The average molecular weight is 419 g/mol. The molecule has 0 aromatic heterocycles. The summed E-state index contributed by atoms with van der Waals surface area (Å²) < 4.78 is 38.9. The predicted octanol–water partition coefficient (Wildman–Crippen LogP) is 2.74. The lowest BCUT2D eigenvalue weighted by Crippen LogP contribution is -2.36. The second-order valence-electron chi connectivity index (χ2n) is 6.95. The first-order valence-corrected chi connectivity index (χ1v) is 11.0. The van der Waals surface area contributed by atoms with Gasteiger partial charge in [-0.3, -0.25) is 4.79 Å². The van der Waals surface area contributed by atoms with Crippen molar-refractivity contribution in [3.63, 3.8) is 0 Å². The largest absolute Gasteiger partial charge is 0.497 e. The van der Waals surface area contributed by atoms with Crippen molar-refractivity contribution in [2.45, 2.75) is 37.6 Å². The molecule has 2 aromatic carbocycles. The van der Waals surface area contributed by atoms with Crippen molar-refractivity contribution in [3.05, 3.63) is 48.0 Å². The molecule has 1 amide bonds. The summed E-state index contributed by atoms with van der Waals surface area (Å²) in [6, 6.07) is 11.6. The minimum Gasteiger partial charge on any atom is -0.497 e. The van der Waals surface area contributed by atoms with Crippen molar-refractivity contribution in [3.8, 4) is 11.5 Å². The molecule has 0 saturated heterocycles. The molecular formula is C21H26N2O5S. The Morgan fingerprint density at radius 2 is 1.86 bits per heavy atom. The Kier molecular flexibility index (Phi) is 6.44. The van der Waals surface area contributed by atoms with Crippen LogP contribution >= 0.6 is 0 Å². The minimum atomic E-state index is -3.69. The lowest BCUT2D eigenvalue weighted by molar-refractivity contribution is -0.118. The highest BCUT2D eigenvalue weighted by Crippen LogP contribution is 2.30. The molecule has 8 heteroatoms. The summed E-state index contributed by atoms with van der Waals surface area (Å²) in [4.78, 5) is 13.9. The van der Waals surface area contributed by atoms with Crippen LogP contribution in [0.3, 0.4) is 0 Å². The van der Waals surface area contributed by atoms with Gasteiger partial charge in [0.1, 0.15) is 18.1 Å². The smallest absolute Gasteiger partial charge is 0.240 e. The van der Waals surface area contributed by atoms with E-state index in [2.05, 4.69) is 4.72 Å². The Morgan fingerprint density at radius 3 is 2.52 bits per heavy atom. The quantitative estimate of drug-likeness (QED) is 0.713. The molecule has 0 aliphatic carbocycles. The number of carbonyl (C=O) groups is 1. The van der Waals surface area contributed by atoms with Gasteiger partial charge in [0.15, 0.2) is 0 Å². The molecule has 0 fully saturated rings. The van der Waals surface area contributed by atoms with E-state index in [0.29, 0.717) is 25.1 Å². The van der Waals surface area contributed by atoms with Gasteiger partial charge in [0.05, 0.1) is 18.0 Å². The third-order valence-electron chi connectivity index (χ3n) is 4.78. The number of methoxy groups -OCH3 is 1. The zero-order valence-electron chi connectivity index (χ0n) is 16.8. The van der Waals surface area contributed by atoms with Crippen LogP contribution in [0.1, 0.15) is 25.8 Å². The number of rotatable bonds is 8. The van der Waals surface area contributed by atoms with Gasteiger partial charge in [-0.05, 0) is 61.4 Å². The molecule has 1 atom stereocenters. The van der Waals surface area contributed by atoms with Gasteiger partial charge in [0.2, 0.25) is 15.9 Å². The Bertz CT molecular complexity index is 973. The molecule has 2 aromatic rings. The van der Waals surface area contributed by atoms with E-state index in [1.165, 1.54) is 0 Å². The summed E-state index contributed by atoms with van der Waals surface area (Å²) in [6.45, 7) is 4.34. The summed E-state index contributed by atoms with van der Waals surface area (Å²) >= 11 is 0. The number of sulfonamides is 1. The summed E-state index contributed by atoms with van der Waals surface area (Å²) in [5.74, 6) is 1.40. The first kappa shape index (κ1) is 21.1. The fourth-order valence-corrected chi connectivity index (χ4v) is 4.53. The van der Waals surface area contributed by atoms with E-state index in [1.807, 2.05) is 6.92 Å². The van der Waals surface area contributed by atoms with Gasteiger partial charge in [-0.15, -0.1) is 0 Å². The van der Waals surface area contributed by atoms with Gasteiger partial charge in [0, 0.05) is 18.7 Å². The number of amides is 1. The molecule has 0 radical (unpaired) electrons. The van der Waals surface area contributed by atoms with E-state index >= 15 is 0 Å². The van der Waals surface area contributed by atoms with Gasteiger partial charge >= 0.3 is 0 Å². The van der Waals surface area contributed by atoms with Crippen LogP contribution in [0.4, 0.5) is 5.69 Å². The zero-order valence-corrected chi connectivity index (χ0v) is 17.7. The van der Waals surface area contributed by atoms with Crippen molar-refractivity contribution in [2.24, 2.45) is 0 Å². The number of fused-ring (bicyclic) bond motifs is 1. The standard InChI is InChI=1S/C21H26N2O5S/c1-4-21(24)23-12-11-16-13-19(9-10-20(16)23)29(25,26)22-15(2)14-28-18-7-5-17(27-3)6-8-18/h5-10,13,15,22H,4,11-12,14H2,1-3H3. The monoisotopic (exact) mass is 418 g/mol. The van der Waals surface area contributed by atoms with Crippen LogP contribution in [-0.2, 0) is 21.2 Å². The van der Waals surface area contributed by atoms with Crippen molar-refractivity contribution < 1.29 is 22.7 Å². The maximum Gasteiger partial charge on any atom is 0.240 e. The second kappa shape index (κ2) is 8.84. The topological polar surface area (TPSA) is 84.9 Å². The predicted molar refractivity (Wildman–Crippen MR) is 111 cm³/mol. The van der Waals surface area contributed by atoms with E-state index in [1.54, 1.807) is 61.4 Å². The van der Waals surface area contributed by atoms with Crippen LogP contribution < -0.4 is 19.1 Å². The fraction of sp³-hybridized carbons (Fsp3) is 0.381. The zero-order chi connectivity index (χ0) is 21.0. The van der Waals surface area contributed by atoms with Gasteiger partial charge in [-0.1, -0.05) is 6.92 Å². The van der Waals surface area contributed by atoms with Gasteiger partial charge in [-0.25, -0.2) is 13.1 Å². The van der Waals surface area contributed by atoms with Crippen LogP contribution in [0.5, 0.6) is 11.5 Å². The van der Waals surface area contributed by atoms with Crippen molar-refractivity contribution in [2.75, 3.05) is 25.2 Å². The van der Waals surface area contributed by atoms with E-state index in [9.17, 15) is 13.2 Å². The molecule has 0 saturated carbocycles. The number of carbonyl (C=O) groups excluding carboxylic acids is 1. The van der Waals surface area contributed by atoms with E-state index in [-0.39, 0.29) is 17.4 Å². The third-order valence-corrected chi connectivity index (χ3v) is 6.36. The highest BCUT2D eigenvalue weighted by atomic mass is 32.2. The molecule has 29 heavy (non-hydrogen) atoms. The molecule has 1 heterocycles. The number of anilines is 1. The van der Waals surface area contributed by atoms with E-state index in [4.69, 9.17) is 9.47 Å². The third kappa shape index (κ3) is 4.89.